The van der Waals surface area contributed by atoms with Crippen molar-refractivity contribution in [2.24, 2.45) is 0 Å². The Morgan fingerprint density at radius 1 is 1.44 bits per heavy atom. The van der Waals surface area contributed by atoms with E-state index in [9.17, 15) is 0 Å². The van der Waals surface area contributed by atoms with Crippen LogP contribution in [-0.2, 0) is 12.8 Å². The van der Waals surface area contributed by atoms with E-state index in [0.717, 1.165) is 29.8 Å². The Balaban J connectivity index is 2.39. The molecular formula is C11H16N4S. The molecule has 2 aromatic heterocycles. The first-order valence-electron chi connectivity index (χ1n) is 5.54. The van der Waals surface area contributed by atoms with Gasteiger partial charge in [0.15, 0.2) is 0 Å². The molecule has 86 valence electrons. The second-order valence-electron chi connectivity index (χ2n) is 3.69. The molecule has 0 aromatic carbocycles. The van der Waals surface area contributed by atoms with Gasteiger partial charge in [-0.2, -0.15) is 5.10 Å². The number of hydrogen-bond acceptors (Lipinski definition) is 4. The van der Waals surface area contributed by atoms with E-state index in [1.807, 2.05) is 0 Å². The van der Waals surface area contributed by atoms with Gasteiger partial charge < -0.3 is 5.73 Å². The molecule has 2 aromatic rings. The molecular weight excluding hydrogens is 220 g/mol. The molecule has 0 atom stereocenters. The number of nitrogens with zero attached hydrogens (tertiary/aromatic N) is 2. The molecule has 0 radical (unpaired) electrons. The summed E-state index contributed by atoms with van der Waals surface area (Å²) in [7, 11) is 0. The van der Waals surface area contributed by atoms with Crippen LogP contribution in [0.2, 0.25) is 0 Å². The lowest BCUT2D eigenvalue weighted by Gasteiger charge is -1.94. The van der Waals surface area contributed by atoms with E-state index in [-0.39, 0.29) is 0 Å². The Morgan fingerprint density at radius 3 is 2.81 bits per heavy atom. The van der Waals surface area contributed by atoms with E-state index in [2.05, 4.69) is 29.0 Å². The van der Waals surface area contributed by atoms with E-state index >= 15 is 0 Å². The van der Waals surface area contributed by atoms with Gasteiger partial charge in [-0.15, -0.1) is 11.3 Å². The second-order valence-corrected chi connectivity index (χ2v) is 4.77. The lowest BCUT2D eigenvalue weighted by Crippen LogP contribution is -1.89. The fraction of sp³-hybridized carbons (Fsp3) is 0.455. The minimum absolute atomic E-state index is 0.597. The predicted molar refractivity (Wildman–Crippen MR) is 67.5 cm³/mol. The number of aromatic amines is 1. The third kappa shape index (κ3) is 1.95. The molecule has 3 N–H and O–H groups in total. The maximum absolute atomic E-state index is 5.80. The summed E-state index contributed by atoms with van der Waals surface area (Å²) in [4.78, 5) is 6.01. The number of rotatable bonds is 4. The highest BCUT2D eigenvalue weighted by Crippen LogP contribution is 2.31. The molecule has 0 spiro atoms. The number of aryl methyl sites for hydroxylation is 2. The van der Waals surface area contributed by atoms with Gasteiger partial charge in [0, 0.05) is 4.88 Å². The van der Waals surface area contributed by atoms with Crippen LogP contribution >= 0.6 is 11.3 Å². The Morgan fingerprint density at radius 2 is 2.25 bits per heavy atom. The molecule has 0 saturated carbocycles. The minimum Gasteiger partial charge on any atom is -0.383 e. The van der Waals surface area contributed by atoms with Gasteiger partial charge in [-0.05, 0) is 12.8 Å². The quantitative estimate of drug-likeness (QED) is 0.857. The van der Waals surface area contributed by atoms with Gasteiger partial charge in [-0.3, -0.25) is 5.10 Å². The fourth-order valence-electron chi connectivity index (χ4n) is 1.67. The van der Waals surface area contributed by atoms with Crippen LogP contribution in [0.25, 0.3) is 10.6 Å². The number of hydrogen-bond donors (Lipinski definition) is 2. The number of H-pyrrole nitrogens is 1. The molecule has 0 fully saturated rings. The van der Waals surface area contributed by atoms with Crippen molar-refractivity contribution in [1.82, 2.24) is 15.2 Å². The van der Waals surface area contributed by atoms with Crippen LogP contribution in [0.3, 0.4) is 0 Å². The normalized spacial score (nSPS) is 10.9. The Hall–Kier alpha value is -1.36. The first-order chi connectivity index (χ1) is 7.76. The summed E-state index contributed by atoms with van der Waals surface area (Å²) in [5, 5.41) is 7.64. The Bertz CT molecular complexity index is 472. The first kappa shape index (κ1) is 11.1. The van der Waals surface area contributed by atoms with E-state index < -0.39 is 0 Å². The van der Waals surface area contributed by atoms with Crippen molar-refractivity contribution >= 4 is 17.2 Å². The van der Waals surface area contributed by atoms with Crippen molar-refractivity contribution in [3.05, 3.63) is 16.8 Å². The zero-order chi connectivity index (χ0) is 11.5. The number of aromatic nitrogens is 3. The van der Waals surface area contributed by atoms with Crippen LogP contribution in [0.5, 0.6) is 0 Å². The monoisotopic (exact) mass is 236 g/mol. The van der Waals surface area contributed by atoms with Gasteiger partial charge in [-0.1, -0.05) is 20.3 Å². The minimum atomic E-state index is 0.597. The number of anilines is 1. The second kappa shape index (κ2) is 4.65. The van der Waals surface area contributed by atoms with Crippen LogP contribution in [0.4, 0.5) is 5.82 Å². The van der Waals surface area contributed by atoms with Crippen molar-refractivity contribution in [1.29, 1.82) is 0 Å². The average molecular weight is 236 g/mol. The van der Waals surface area contributed by atoms with Crippen molar-refractivity contribution < 1.29 is 0 Å². The summed E-state index contributed by atoms with van der Waals surface area (Å²) in [5.74, 6) is 0.597. The van der Waals surface area contributed by atoms with Crippen LogP contribution in [0.1, 0.15) is 30.8 Å². The summed E-state index contributed by atoms with van der Waals surface area (Å²) in [6.07, 6.45) is 4.93. The molecule has 0 bridgehead atoms. The molecule has 2 heterocycles. The SMILES string of the molecule is CCCc1nc(-c2cn[nH]c2N)sc1CC. The van der Waals surface area contributed by atoms with Gasteiger partial charge in [0.05, 0.1) is 17.5 Å². The maximum Gasteiger partial charge on any atom is 0.129 e. The van der Waals surface area contributed by atoms with Crippen molar-refractivity contribution in [2.75, 3.05) is 5.73 Å². The van der Waals surface area contributed by atoms with E-state index in [0.29, 0.717) is 5.82 Å². The molecule has 5 heteroatoms. The third-order valence-electron chi connectivity index (χ3n) is 2.49. The molecule has 0 saturated heterocycles. The standard InChI is InChI=1S/C11H16N4S/c1-3-5-8-9(4-2)16-11(14-8)7-6-13-15-10(7)12/h6H,3-5H2,1-2H3,(H3,12,13,15). The molecule has 2 rings (SSSR count). The highest BCUT2D eigenvalue weighted by atomic mass is 32.1. The summed E-state index contributed by atoms with van der Waals surface area (Å²) >= 11 is 1.72. The highest BCUT2D eigenvalue weighted by Gasteiger charge is 2.13. The van der Waals surface area contributed by atoms with Crippen molar-refractivity contribution in [3.8, 4) is 10.6 Å². The van der Waals surface area contributed by atoms with Crippen molar-refractivity contribution in [2.45, 2.75) is 33.1 Å². The molecule has 0 amide bonds. The average Bonchev–Trinajstić information content (AvgIpc) is 2.85. The molecule has 0 aliphatic rings. The summed E-state index contributed by atoms with van der Waals surface area (Å²) < 4.78 is 0. The number of nitrogens with two attached hydrogens (primary N) is 1. The molecule has 0 aliphatic carbocycles. The third-order valence-corrected chi connectivity index (χ3v) is 3.76. The van der Waals surface area contributed by atoms with Gasteiger partial charge in [0.1, 0.15) is 10.8 Å². The Labute approximate surface area is 98.9 Å². The van der Waals surface area contributed by atoms with Crippen LogP contribution in [-0.4, -0.2) is 15.2 Å². The molecule has 0 aliphatic heterocycles. The topological polar surface area (TPSA) is 67.6 Å². The van der Waals surface area contributed by atoms with E-state index in [4.69, 9.17) is 5.73 Å². The summed E-state index contributed by atoms with van der Waals surface area (Å²) in [6, 6.07) is 0. The lowest BCUT2D eigenvalue weighted by molar-refractivity contribution is 0.876. The zero-order valence-electron chi connectivity index (χ0n) is 9.58. The number of nitrogen functional groups attached to an aromatic ring is 1. The van der Waals surface area contributed by atoms with E-state index in [1.54, 1.807) is 17.5 Å². The van der Waals surface area contributed by atoms with E-state index in [1.165, 1.54) is 10.6 Å². The smallest absolute Gasteiger partial charge is 0.129 e. The zero-order valence-corrected chi connectivity index (χ0v) is 10.4. The Kier molecular flexibility index (Phi) is 3.24. The number of nitrogens with one attached hydrogen (secondary N) is 1. The highest BCUT2D eigenvalue weighted by molar-refractivity contribution is 7.15. The van der Waals surface area contributed by atoms with Gasteiger partial charge in [-0.25, -0.2) is 4.98 Å². The first-order valence-corrected chi connectivity index (χ1v) is 6.35. The predicted octanol–water partition coefficient (Wildman–Crippen LogP) is 2.63. The largest absolute Gasteiger partial charge is 0.383 e. The van der Waals surface area contributed by atoms with Gasteiger partial charge >= 0.3 is 0 Å². The molecule has 16 heavy (non-hydrogen) atoms. The van der Waals surface area contributed by atoms with Gasteiger partial charge in [0.25, 0.3) is 0 Å². The maximum atomic E-state index is 5.80. The van der Waals surface area contributed by atoms with Crippen LogP contribution in [0.15, 0.2) is 6.20 Å². The lowest BCUT2D eigenvalue weighted by atomic mass is 10.2. The summed E-state index contributed by atoms with van der Waals surface area (Å²) in [5.41, 5.74) is 7.93. The molecule has 0 unspecified atom stereocenters. The van der Waals surface area contributed by atoms with Gasteiger partial charge in [0.2, 0.25) is 0 Å². The molecule has 4 nitrogen and oxygen atoms in total. The number of thiazole rings is 1. The van der Waals surface area contributed by atoms with Crippen molar-refractivity contribution in [3.63, 3.8) is 0 Å². The fourth-order valence-corrected chi connectivity index (χ4v) is 2.75. The summed E-state index contributed by atoms with van der Waals surface area (Å²) in [6.45, 7) is 4.33. The van der Waals surface area contributed by atoms with Crippen LogP contribution in [0, 0.1) is 0 Å². The van der Waals surface area contributed by atoms with Crippen LogP contribution < -0.4 is 5.73 Å².